The van der Waals surface area contributed by atoms with Gasteiger partial charge in [-0.25, -0.2) is 0 Å². The highest BCUT2D eigenvalue weighted by Gasteiger charge is 2.30. The van der Waals surface area contributed by atoms with Crippen LogP contribution < -0.4 is 10.5 Å². The number of rotatable bonds is 4. The number of benzene rings is 1. The van der Waals surface area contributed by atoms with Crippen LogP contribution >= 0.6 is 11.6 Å². The molecule has 0 spiro atoms. The van der Waals surface area contributed by atoms with Gasteiger partial charge in [-0.15, -0.1) is 0 Å². The summed E-state index contributed by atoms with van der Waals surface area (Å²) in [5, 5.41) is 0.471. The molecule has 2 atom stereocenters. The van der Waals surface area contributed by atoms with Crippen LogP contribution in [0.15, 0.2) is 18.2 Å². The normalized spacial score (nSPS) is 19.6. The molecule has 0 saturated carbocycles. The van der Waals surface area contributed by atoms with Crippen molar-refractivity contribution in [1.82, 2.24) is 4.90 Å². The third kappa shape index (κ3) is 3.91. The van der Waals surface area contributed by atoms with E-state index in [0.29, 0.717) is 23.9 Å². The van der Waals surface area contributed by atoms with Crippen LogP contribution in [0.1, 0.15) is 25.3 Å². The molecule has 1 aromatic carbocycles. The molecule has 2 amide bonds. The van der Waals surface area contributed by atoms with Crippen LogP contribution in [-0.2, 0) is 9.59 Å². The van der Waals surface area contributed by atoms with Crippen LogP contribution in [0.3, 0.4) is 0 Å². The number of ether oxygens (including phenoxy) is 1. The van der Waals surface area contributed by atoms with Crippen molar-refractivity contribution in [3.05, 3.63) is 28.8 Å². The van der Waals surface area contributed by atoms with Gasteiger partial charge in [-0.2, -0.15) is 0 Å². The van der Waals surface area contributed by atoms with Crippen LogP contribution in [0.5, 0.6) is 5.75 Å². The molecule has 22 heavy (non-hydrogen) atoms. The van der Waals surface area contributed by atoms with E-state index < -0.39 is 6.10 Å². The minimum Gasteiger partial charge on any atom is -0.479 e. The summed E-state index contributed by atoms with van der Waals surface area (Å²) in [6.45, 7) is 4.61. The zero-order valence-corrected chi connectivity index (χ0v) is 13.6. The number of halogens is 1. The number of hydrogen-bond acceptors (Lipinski definition) is 3. The third-order valence-corrected chi connectivity index (χ3v) is 4.19. The summed E-state index contributed by atoms with van der Waals surface area (Å²) in [4.78, 5) is 25.4. The predicted octanol–water partition coefficient (Wildman–Crippen LogP) is 2.14. The van der Waals surface area contributed by atoms with E-state index in [1.165, 1.54) is 0 Å². The quantitative estimate of drug-likeness (QED) is 0.922. The summed E-state index contributed by atoms with van der Waals surface area (Å²) in [6, 6.07) is 5.42. The van der Waals surface area contributed by atoms with Gasteiger partial charge in [-0.3, -0.25) is 9.59 Å². The molecular weight excluding hydrogens is 304 g/mol. The Balaban J connectivity index is 2.02. The Morgan fingerprint density at radius 2 is 2.18 bits per heavy atom. The number of piperidine rings is 1. The van der Waals surface area contributed by atoms with Crippen molar-refractivity contribution >= 4 is 23.4 Å². The summed E-state index contributed by atoms with van der Waals surface area (Å²) in [5.74, 6) is -0.283. The van der Waals surface area contributed by atoms with Crippen molar-refractivity contribution in [1.29, 1.82) is 0 Å². The number of aryl methyl sites for hydroxylation is 1. The summed E-state index contributed by atoms with van der Waals surface area (Å²) < 4.78 is 5.70. The highest BCUT2D eigenvalue weighted by atomic mass is 35.5. The molecule has 1 heterocycles. The Morgan fingerprint density at radius 3 is 2.86 bits per heavy atom. The largest absolute Gasteiger partial charge is 0.479 e. The summed E-state index contributed by atoms with van der Waals surface area (Å²) in [6.07, 6.45) is 0.848. The number of carbonyl (C=O) groups excluding carboxylic acids is 2. The molecule has 0 radical (unpaired) electrons. The highest BCUT2D eigenvalue weighted by molar-refractivity contribution is 6.32. The number of hydrogen-bond donors (Lipinski definition) is 1. The number of carbonyl (C=O) groups is 2. The summed E-state index contributed by atoms with van der Waals surface area (Å²) in [5.41, 5.74) is 6.35. The minimum atomic E-state index is -0.661. The van der Waals surface area contributed by atoms with Crippen LogP contribution in [0.25, 0.3) is 0 Å². The molecule has 1 aliphatic heterocycles. The van der Waals surface area contributed by atoms with Gasteiger partial charge in [-0.1, -0.05) is 17.7 Å². The second-order valence-electron chi connectivity index (χ2n) is 5.72. The van der Waals surface area contributed by atoms with Gasteiger partial charge in [0.2, 0.25) is 5.91 Å². The lowest BCUT2D eigenvalue weighted by Gasteiger charge is -2.33. The van der Waals surface area contributed by atoms with E-state index in [0.717, 1.165) is 18.4 Å². The molecule has 0 aromatic heterocycles. The first-order valence-corrected chi connectivity index (χ1v) is 7.77. The fourth-order valence-corrected chi connectivity index (χ4v) is 2.77. The highest BCUT2D eigenvalue weighted by Crippen LogP contribution is 2.27. The fraction of sp³-hybridized carbons (Fsp3) is 0.500. The molecule has 2 rings (SSSR count). The fourth-order valence-electron chi connectivity index (χ4n) is 2.61. The van der Waals surface area contributed by atoms with Gasteiger partial charge in [0, 0.05) is 13.1 Å². The Labute approximate surface area is 135 Å². The van der Waals surface area contributed by atoms with E-state index in [9.17, 15) is 9.59 Å². The minimum absolute atomic E-state index is 0.150. The molecule has 0 aliphatic carbocycles. The standard InChI is InChI=1S/C16H21ClN2O3/c1-10-5-6-13(17)14(8-10)22-11(2)16(21)19-7-3-4-12(9-19)15(18)20/h5-6,8,11-12H,3-4,7,9H2,1-2H3,(H2,18,20)/t11-,12-/m1/s1. The van der Waals surface area contributed by atoms with Crippen molar-refractivity contribution < 1.29 is 14.3 Å². The number of nitrogens with zero attached hydrogens (tertiary/aromatic N) is 1. The van der Waals surface area contributed by atoms with Crippen molar-refractivity contribution in [3.63, 3.8) is 0 Å². The average Bonchev–Trinajstić information content (AvgIpc) is 2.50. The van der Waals surface area contributed by atoms with Crippen LogP contribution in [0, 0.1) is 12.8 Å². The smallest absolute Gasteiger partial charge is 0.263 e. The van der Waals surface area contributed by atoms with Crippen molar-refractivity contribution in [2.45, 2.75) is 32.8 Å². The zero-order chi connectivity index (χ0) is 16.3. The van der Waals surface area contributed by atoms with Gasteiger partial charge >= 0.3 is 0 Å². The predicted molar refractivity (Wildman–Crippen MR) is 84.8 cm³/mol. The summed E-state index contributed by atoms with van der Waals surface area (Å²) in [7, 11) is 0. The average molecular weight is 325 g/mol. The van der Waals surface area contributed by atoms with Gasteiger partial charge in [-0.05, 0) is 44.4 Å². The first-order valence-electron chi connectivity index (χ1n) is 7.39. The Kier molecular flexibility index (Phi) is 5.29. The molecule has 0 bridgehead atoms. The zero-order valence-electron chi connectivity index (χ0n) is 12.8. The van der Waals surface area contributed by atoms with E-state index in [4.69, 9.17) is 22.1 Å². The number of likely N-dealkylation sites (tertiary alicyclic amines) is 1. The van der Waals surface area contributed by atoms with Crippen LogP contribution in [0.4, 0.5) is 0 Å². The lowest BCUT2D eigenvalue weighted by atomic mass is 9.97. The SMILES string of the molecule is Cc1ccc(Cl)c(O[C@H](C)C(=O)N2CCC[C@@H](C(N)=O)C2)c1. The van der Waals surface area contributed by atoms with Crippen LogP contribution in [-0.4, -0.2) is 35.9 Å². The van der Waals surface area contributed by atoms with Gasteiger partial charge in [0.1, 0.15) is 5.75 Å². The van der Waals surface area contributed by atoms with Crippen molar-refractivity contribution in [3.8, 4) is 5.75 Å². The molecule has 0 unspecified atom stereocenters. The van der Waals surface area contributed by atoms with Crippen molar-refractivity contribution in [2.24, 2.45) is 11.7 Å². The maximum Gasteiger partial charge on any atom is 0.263 e. The maximum absolute atomic E-state index is 12.5. The van der Waals surface area contributed by atoms with E-state index in [1.807, 2.05) is 13.0 Å². The van der Waals surface area contributed by atoms with E-state index in [1.54, 1.807) is 24.0 Å². The van der Waals surface area contributed by atoms with Gasteiger partial charge in [0.25, 0.3) is 5.91 Å². The second-order valence-corrected chi connectivity index (χ2v) is 6.13. The Morgan fingerprint density at radius 1 is 1.45 bits per heavy atom. The topological polar surface area (TPSA) is 72.6 Å². The number of amides is 2. The maximum atomic E-state index is 12.5. The molecule has 5 nitrogen and oxygen atoms in total. The Bertz CT molecular complexity index is 577. The lowest BCUT2D eigenvalue weighted by Crippen LogP contribution is -2.48. The van der Waals surface area contributed by atoms with Gasteiger partial charge in [0.05, 0.1) is 10.9 Å². The molecule has 1 fully saturated rings. The molecule has 1 aromatic rings. The molecule has 2 N–H and O–H groups in total. The molecule has 120 valence electrons. The lowest BCUT2D eigenvalue weighted by molar-refractivity contribution is -0.141. The van der Waals surface area contributed by atoms with Gasteiger partial charge in [0.15, 0.2) is 6.10 Å². The Hall–Kier alpha value is -1.75. The first kappa shape index (κ1) is 16.6. The number of primary amides is 1. The second kappa shape index (κ2) is 7.01. The monoisotopic (exact) mass is 324 g/mol. The molecule has 1 aliphatic rings. The first-order chi connectivity index (χ1) is 10.4. The molecular formula is C16H21ClN2O3. The van der Waals surface area contributed by atoms with E-state index >= 15 is 0 Å². The van der Waals surface area contributed by atoms with Crippen molar-refractivity contribution in [2.75, 3.05) is 13.1 Å². The van der Waals surface area contributed by atoms with Gasteiger partial charge < -0.3 is 15.4 Å². The number of nitrogens with two attached hydrogens (primary N) is 1. The van der Waals surface area contributed by atoms with E-state index in [-0.39, 0.29) is 17.7 Å². The molecule has 6 heteroatoms. The third-order valence-electron chi connectivity index (χ3n) is 3.87. The van der Waals surface area contributed by atoms with E-state index in [2.05, 4.69) is 0 Å². The molecule has 1 saturated heterocycles. The van der Waals surface area contributed by atoms with Crippen LogP contribution in [0.2, 0.25) is 5.02 Å². The summed E-state index contributed by atoms with van der Waals surface area (Å²) >= 11 is 6.08.